The summed E-state index contributed by atoms with van der Waals surface area (Å²) in [6.45, 7) is 2.21. The third kappa shape index (κ3) is 2.30. The summed E-state index contributed by atoms with van der Waals surface area (Å²) in [5, 5.41) is 0. The predicted octanol–water partition coefficient (Wildman–Crippen LogP) is 2.77. The van der Waals surface area contributed by atoms with E-state index in [0.717, 1.165) is 18.4 Å². The minimum Gasteiger partial charge on any atom is -0.445 e. The second-order valence-electron chi connectivity index (χ2n) is 5.71. The van der Waals surface area contributed by atoms with E-state index in [9.17, 15) is 9.59 Å². The van der Waals surface area contributed by atoms with Gasteiger partial charge in [0.15, 0.2) is 0 Å². The summed E-state index contributed by atoms with van der Waals surface area (Å²) in [6, 6.07) is 9.73. The smallest absolute Gasteiger partial charge is 0.410 e. The fraction of sp³-hybridized carbons (Fsp3) is 0.500. The number of carbonyl (C=O) groups is 2. The number of Topliss-reactive ketones (excluding diaryl/α,β-unsaturated/α-hetero) is 1. The van der Waals surface area contributed by atoms with Crippen molar-refractivity contribution in [1.29, 1.82) is 0 Å². The van der Waals surface area contributed by atoms with Gasteiger partial charge in [0.2, 0.25) is 0 Å². The molecule has 0 radical (unpaired) electrons. The standard InChI is InChI=1S/C16H19NO3/c1-11-14-8-7-13(9-15(11)18)17(14)16(19)20-10-12-5-3-2-4-6-12/h2-6,11,13-14H,7-10H2,1H3. The van der Waals surface area contributed by atoms with E-state index in [1.54, 1.807) is 4.90 Å². The summed E-state index contributed by atoms with van der Waals surface area (Å²) in [4.78, 5) is 25.9. The molecule has 106 valence electrons. The van der Waals surface area contributed by atoms with Gasteiger partial charge in [0.1, 0.15) is 12.4 Å². The first kappa shape index (κ1) is 13.2. The van der Waals surface area contributed by atoms with Gasteiger partial charge in [-0.25, -0.2) is 4.79 Å². The van der Waals surface area contributed by atoms with Crippen LogP contribution >= 0.6 is 0 Å². The molecule has 2 heterocycles. The minimum absolute atomic E-state index is 0.0320. The largest absolute Gasteiger partial charge is 0.445 e. The molecule has 0 aromatic heterocycles. The molecule has 3 unspecified atom stereocenters. The molecular weight excluding hydrogens is 254 g/mol. The van der Waals surface area contributed by atoms with Crippen LogP contribution in [0.15, 0.2) is 30.3 Å². The van der Waals surface area contributed by atoms with Crippen LogP contribution in [0, 0.1) is 5.92 Å². The van der Waals surface area contributed by atoms with Crippen LogP contribution in [0.4, 0.5) is 4.79 Å². The van der Waals surface area contributed by atoms with Gasteiger partial charge >= 0.3 is 6.09 Å². The number of rotatable bonds is 2. The van der Waals surface area contributed by atoms with Gasteiger partial charge in [-0.3, -0.25) is 4.79 Å². The lowest BCUT2D eigenvalue weighted by Gasteiger charge is -2.36. The Morgan fingerprint density at radius 1 is 1.30 bits per heavy atom. The van der Waals surface area contributed by atoms with E-state index in [1.165, 1.54) is 0 Å². The molecule has 0 N–H and O–H groups in total. The molecule has 1 aromatic rings. The van der Waals surface area contributed by atoms with E-state index in [2.05, 4.69) is 0 Å². The average molecular weight is 273 g/mol. The summed E-state index contributed by atoms with van der Waals surface area (Å²) in [7, 11) is 0. The third-order valence-electron chi connectivity index (χ3n) is 4.48. The maximum atomic E-state index is 12.3. The quantitative estimate of drug-likeness (QED) is 0.832. The van der Waals surface area contributed by atoms with Crippen LogP contribution in [-0.2, 0) is 16.1 Å². The molecule has 4 heteroatoms. The van der Waals surface area contributed by atoms with Crippen LogP contribution in [-0.4, -0.2) is 28.9 Å². The highest BCUT2D eigenvalue weighted by Crippen LogP contribution is 2.37. The molecule has 3 rings (SSSR count). The molecule has 1 amide bonds. The summed E-state index contributed by atoms with van der Waals surface area (Å²) >= 11 is 0. The highest BCUT2D eigenvalue weighted by molar-refractivity contribution is 5.85. The Morgan fingerprint density at radius 3 is 2.80 bits per heavy atom. The number of carbonyl (C=O) groups excluding carboxylic acids is 2. The SMILES string of the molecule is CC1C(=O)CC2CCC1N2C(=O)OCc1ccccc1. The fourth-order valence-corrected chi connectivity index (χ4v) is 3.31. The molecule has 0 spiro atoms. The zero-order valence-electron chi connectivity index (χ0n) is 11.6. The molecule has 2 aliphatic heterocycles. The van der Waals surface area contributed by atoms with Gasteiger partial charge in [-0.1, -0.05) is 37.3 Å². The van der Waals surface area contributed by atoms with Crippen molar-refractivity contribution in [1.82, 2.24) is 4.90 Å². The summed E-state index contributed by atoms with van der Waals surface area (Å²) in [6.07, 6.45) is 2.04. The van der Waals surface area contributed by atoms with Gasteiger partial charge in [-0.15, -0.1) is 0 Å². The number of hydrogen-bond acceptors (Lipinski definition) is 3. The van der Waals surface area contributed by atoms with Crippen LogP contribution in [0.2, 0.25) is 0 Å². The number of ketones is 1. The van der Waals surface area contributed by atoms with Crippen LogP contribution in [0.3, 0.4) is 0 Å². The normalized spacial score (nSPS) is 28.6. The molecule has 2 saturated heterocycles. The summed E-state index contributed by atoms with van der Waals surface area (Å²) in [5.41, 5.74) is 0.981. The Hall–Kier alpha value is -1.84. The van der Waals surface area contributed by atoms with Gasteiger partial charge < -0.3 is 9.64 Å². The van der Waals surface area contributed by atoms with Gasteiger partial charge in [0.25, 0.3) is 0 Å². The van der Waals surface area contributed by atoms with Gasteiger partial charge in [0.05, 0.1) is 0 Å². The van der Waals surface area contributed by atoms with E-state index in [-0.39, 0.29) is 36.5 Å². The maximum Gasteiger partial charge on any atom is 0.410 e. The Labute approximate surface area is 118 Å². The minimum atomic E-state index is -0.277. The number of benzene rings is 1. The molecule has 2 bridgehead atoms. The Morgan fingerprint density at radius 2 is 2.05 bits per heavy atom. The van der Waals surface area contributed by atoms with Crippen molar-refractivity contribution in [3.63, 3.8) is 0 Å². The topological polar surface area (TPSA) is 46.6 Å². The fourth-order valence-electron chi connectivity index (χ4n) is 3.31. The number of fused-ring (bicyclic) bond motifs is 2. The second kappa shape index (κ2) is 5.27. The van der Waals surface area contributed by atoms with Gasteiger partial charge in [-0.2, -0.15) is 0 Å². The zero-order valence-corrected chi connectivity index (χ0v) is 11.6. The first-order valence-corrected chi connectivity index (χ1v) is 7.18. The number of nitrogens with zero attached hydrogens (tertiary/aromatic N) is 1. The van der Waals surface area contributed by atoms with Crippen molar-refractivity contribution in [3.8, 4) is 0 Å². The highest BCUT2D eigenvalue weighted by Gasteiger charge is 2.47. The molecule has 0 aliphatic carbocycles. The van der Waals surface area contributed by atoms with Crippen molar-refractivity contribution >= 4 is 11.9 Å². The highest BCUT2D eigenvalue weighted by atomic mass is 16.6. The number of hydrogen-bond donors (Lipinski definition) is 0. The van der Waals surface area contributed by atoms with Crippen LogP contribution in [0.25, 0.3) is 0 Å². The molecule has 4 nitrogen and oxygen atoms in total. The molecular formula is C16H19NO3. The molecule has 3 atom stereocenters. The van der Waals surface area contributed by atoms with Crippen LogP contribution < -0.4 is 0 Å². The summed E-state index contributed by atoms with van der Waals surface area (Å²) < 4.78 is 5.41. The van der Waals surface area contributed by atoms with E-state index < -0.39 is 0 Å². The van der Waals surface area contributed by atoms with Crippen molar-refractivity contribution in [3.05, 3.63) is 35.9 Å². The Balaban J connectivity index is 1.65. The number of ether oxygens (including phenoxy) is 1. The first-order chi connectivity index (χ1) is 9.66. The van der Waals surface area contributed by atoms with Gasteiger partial charge in [0, 0.05) is 24.4 Å². The molecule has 2 fully saturated rings. The monoisotopic (exact) mass is 273 g/mol. The van der Waals surface area contributed by atoms with Gasteiger partial charge in [-0.05, 0) is 18.4 Å². The van der Waals surface area contributed by atoms with E-state index >= 15 is 0 Å². The maximum absolute atomic E-state index is 12.3. The van der Waals surface area contributed by atoms with Crippen molar-refractivity contribution in [2.75, 3.05) is 0 Å². The Bertz CT molecular complexity index is 514. The number of piperidine rings is 1. The molecule has 0 saturated carbocycles. The second-order valence-corrected chi connectivity index (χ2v) is 5.71. The van der Waals surface area contributed by atoms with E-state index in [1.807, 2.05) is 37.3 Å². The lowest BCUT2D eigenvalue weighted by Crippen LogP contribution is -2.51. The molecule has 2 aliphatic rings. The third-order valence-corrected chi connectivity index (χ3v) is 4.48. The lowest BCUT2D eigenvalue weighted by atomic mass is 9.91. The van der Waals surface area contributed by atoms with E-state index in [0.29, 0.717) is 6.42 Å². The van der Waals surface area contributed by atoms with Crippen molar-refractivity contribution in [2.24, 2.45) is 5.92 Å². The van der Waals surface area contributed by atoms with Crippen molar-refractivity contribution < 1.29 is 14.3 Å². The zero-order chi connectivity index (χ0) is 14.1. The summed E-state index contributed by atoms with van der Waals surface area (Å²) in [5.74, 6) is 0.225. The van der Waals surface area contributed by atoms with Crippen LogP contribution in [0.5, 0.6) is 0 Å². The molecule has 1 aromatic carbocycles. The van der Waals surface area contributed by atoms with Crippen molar-refractivity contribution in [2.45, 2.75) is 44.9 Å². The lowest BCUT2D eigenvalue weighted by molar-refractivity contribution is -0.127. The molecule has 20 heavy (non-hydrogen) atoms. The Kier molecular flexibility index (Phi) is 3.47. The average Bonchev–Trinajstić information content (AvgIpc) is 2.82. The van der Waals surface area contributed by atoms with Crippen LogP contribution in [0.1, 0.15) is 31.7 Å². The predicted molar refractivity (Wildman–Crippen MR) is 74.1 cm³/mol. The van der Waals surface area contributed by atoms with E-state index in [4.69, 9.17) is 4.74 Å². The number of amides is 1. The first-order valence-electron chi connectivity index (χ1n) is 7.18.